The molecule has 0 saturated carbocycles. The third-order valence-corrected chi connectivity index (χ3v) is 17.9. The Balaban J connectivity index is -0.000000441. The molecule has 404 valence electrons. The molecule has 0 aliphatic heterocycles. The van der Waals surface area contributed by atoms with E-state index < -0.39 is 0 Å². The maximum Gasteiger partial charge on any atom is 3.00 e. The van der Waals surface area contributed by atoms with Crippen LogP contribution in [0.25, 0.3) is 0 Å². The fraction of sp³-hybridized carbons (Fsp3) is 1.00. The van der Waals surface area contributed by atoms with Crippen molar-refractivity contribution in [2.45, 2.75) is 329 Å². The first kappa shape index (κ1) is 76.4. The first-order chi connectivity index (χ1) is 32.7. The second-order valence-electron chi connectivity index (χ2n) is 19.9. The summed E-state index contributed by atoms with van der Waals surface area (Å²) in [5.74, 6) is 10.8. The Morgan fingerprint density at radius 3 is 0.418 bits per heavy atom. The Morgan fingerprint density at radius 2 is 0.299 bits per heavy atom. The van der Waals surface area contributed by atoms with Gasteiger partial charge in [0.15, 0.2) is 0 Å². The summed E-state index contributed by atoms with van der Waals surface area (Å²) in [6.07, 6.45) is 70.1. The van der Waals surface area contributed by atoms with Gasteiger partial charge in [0.2, 0.25) is 0 Å². The molecule has 0 spiro atoms. The van der Waals surface area contributed by atoms with Crippen molar-refractivity contribution in [3.8, 4) is 0 Å². The Hall–Kier alpha value is 2.92. The van der Waals surface area contributed by atoms with E-state index in [4.69, 9.17) is 0 Å². The van der Waals surface area contributed by atoms with Crippen LogP contribution in [0.4, 0.5) is 0 Å². The molecular weight excluding hydrogens is 1030 g/mol. The number of thioether (sulfide) groups is 3. The van der Waals surface area contributed by atoms with Crippen molar-refractivity contribution in [3.63, 3.8) is 0 Å². The zero-order chi connectivity index (χ0) is 48.4. The van der Waals surface area contributed by atoms with Crippen LogP contribution in [0.2, 0.25) is 0 Å². The van der Waals surface area contributed by atoms with Gasteiger partial charge in [-0.1, -0.05) is 310 Å². The molecule has 0 atom stereocenters. The van der Waals surface area contributed by atoms with E-state index in [0.717, 1.165) is 17.3 Å². The van der Waals surface area contributed by atoms with Crippen molar-refractivity contribution in [2.24, 2.45) is 0 Å². The topological polar surface area (TPSA) is 0 Å². The first-order valence-electron chi connectivity index (χ1n) is 30.3. The second-order valence-corrected chi connectivity index (χ2v) is 24.9. The monoisotopic (exact) mass is 1160 g/mol. The van der Waals surface area contributed by atoms with Crippen molar-refractivity contribution >= 4 is 97.6 Å². The molecule has 7 heteroatoms. The molecular formula is C60H126S6Sb+3. The summed E-state index contributed by atoms with van der Waals surface area (Å²) in [6.45, 7) is 6.89. The molecule has 0 nitrogen and oxygen atoms in total. The van der Waals surface area contributed by atoms with Crippen LogP contribution in [-0.4, -0.2) is 76.2 Å². The van der Waals surface area contributed by atoms with Crippen LogP contribution in [0.3, 0.4) is 0 Å². The Bertz CT molecular complexity index is 590. The zero-order valence-corrected chi connectivity index (χ0v) is 54.0. The quantitative estimate of drug-likeness (QED) is 0.0316. The average molecular weight is 1160 g/mol. The minimum Gasteiger partial charge on any atom is -0.179 e. The molecule has 0 aromatic heterocycles. The minimum absolute atomic E-state index is 0. The van der Waals surface area contributed by atoms with E-state index in [1.54, 1.807) is 0 Å². The molecule has 0 fully saturated rings. The summed E-state index contributed by atoms with van der Waals surface area (Å²) < 4.78 is 0. The molecule has 0 heterocycles. The van der Waals surface area contributed by atoms with Gasteiger partial charge in [-0.25, -0.2) is 0 Å². The molecule has 0 aromatic carbocycles. The maximum atomic E-state index is 4.23. The van der Waals surface area contributed by atoms with Crippen molar-refractivity contribution < 1.29 is 0 Å². The molecule has 0 aliphatic rings. The summed E-state index contributed by atoms with van der Waals surface area (Å²) >= 11 is 18.9. The van der Waals surface area contributed by atoms with E-state index in [2.05, 4.69) is 93.9 Å². The van der Waals surface area contributed by atoms with Gasteiger partial charge in [-0.05, 0) is 53.8 Å². The van der Waals surface area contributed by atoms with Crippen molar-refractivity contribution in [3.05, 3.63) is 0 Å². The minimum atomic E-state index is 0. The smallest absolute Gasteiger partial charge is 0.179 e. The van der Waals surface area contributed by atoms with Crippen LogP contribution < -0.4 is 0 Å². The van der Waals surface area contributed by atoms with Crippen molar-refractivity contribution in [2.75, 3.05) is 51.8 Å². The number of thiol groups is 3. The summed E-state index contributed by atoms with van der Waals surface area (Å²) in [6, 6.07) is 0. The molecule has 67 heavy (non-hydrogen) atoms. The fourth-order valence-corrected chi connectivity index (χ4v) is 12.1. The molecule has 0 unspecified atom stereocenters. The van der Waals surface area contributed by atoms with E-state index in [-0.39, 0.29) is 24.4 Å². The van der Waals surface area contributed by atoms with Crippen molar-refractivity contribution in [1.29, 1.82) is 0 Å². The van der Waals surface area contributed by atoms with E-state index in [0.29, 0.717) is 0 Å². The fourth-order valence-electron chi connectivity index (χ4n) is 8.76. The Morgan fingerprint density at radius 1 is 0.179 bits per heavy atom. The van der Waals surface area contributed by atoms with Gasteiger partial charge in [0.25, 0.3) is 0 Å². The molecule has 0 bridgehead atoms. The molecule has 0 rings (SSSR count). The van der Waals surface area contributed by atoms with Gasteiger partial charge < -0.3 is 0 Å². The van der Waals surface area contributed by atoms with Gasteiger partial charge in [-0.3, -0.25) is 0 Å². The standard InChI is InChI=1S/3C20H42S2.Sb/c3*1-2-3-4-5-6-7-8-9-10-11-12-13-14-15-16-17-19-22-20-18-21;/h3*21H,2-20H2,1H3;/q;;;+3. The van der Waals surface area contributed by atoms with Crippen LogP contribution in [0.1, 0.15) is 329 Å². The number of hydrogen-bond acceptors (Lipinski definition) is 6. The first-order valence-corrected chi connectivity index (χ1v) is 35.7. The van der Waals surface area contributed by atoms with E-state index >= 15 is 0 Å². The molecule has 0 saturated heterocycles. The number of unbranched alkanes of at least 4 members (excludes halogenated alkanes) is 45. The Labute approximate surface area is 474 Å². The molecule has 0 aliphatic carbocycles. The van der Waals surface area contributed by atoms with E-state index in [9.17, 15) is 0 Å². The second kappa shape index (κ2) is 80.3. The summed E-state index contributed by atoms with van der Waals surface area (Å²) in [5, 5.41) is 0. The number of rotatable bonds is 57. The van der Waals surface area contributed by atoms with Gasteiger partial charge >= 0.3 is 24.4 Å². The molecule has 2 radical (unpaired) electrons. The predicted molar refractivity (Wildman–Crippen MR) is 338 cm³/mol. The normalized spacial score (nSPS) is 11.0. The molecule has 0 N–H and O–H groups in total. The largest absolute Gasteiger partial charge is 3.00 e. The van der Waals surface area contributed by atoms with Gasteiger partial charge in [0.1, 0.15) is 0 Å². The maximum absolute atomic E-state index is 4.23. The van der Waals surface area contributed by atoms with Crippen molar-refractivity contribution in [1.82, 2.24) is 0 Å². The third-order valence-electron chi connectivity index (χ3n) is 13.1. The summed E-state index contributed by atoms with van der Waals surface area (Å²) in [5.41, 5.74) is 0. The van der Waals surface area contributed by atoms with Crippen LogP contribution in [0.15, 0.2) is 0 Å². The zero-order valence-electron chi connectivity index (χ0n) is 46.3. The molecule has 0 aromatic rings. The van der Waals surface area contributed by atoms with Crippen LogP contribution in [0, 0.1) is 0 Å². The van der Waals surface area contributed by atoms with Gasteiger partial charge in [-0.15, -0.1) is 0 Å². The summed E-state index contributed by atoms with van der Waals surface area (Å²) in [7, 11) is 0. The number of hydrogen-bond donors (Lipinski definition) is 3. The van der Waals surface area contributed by atoms with Crippen LogP contribution >= 0.6 is 73.2 Å². The van der Waals surface area contributed by atoms with E-state index in [1.807, 2.05) is 0 Å². The summed E-state index contributed by atoms with van der Waals surface area (Å²) in [4.78, 5) is 0. The molecule has 0 amide bonds. The van der Waals surface area contributed by atoms with Crippen LogP contribution in [0.5, 0.6) is 0 Å². The SMILES string of the molecule is CCCCCCCCCCCCCCCCCCSCCS.CCCCCCCCCCCCCCCCCCSCCS.CCCCCCCCCCCCCCCCCCSCCS.[Sb+3]. The average Bonchev–Trinajstić information content (AvgIpc) is 3.33. The third kappa shape index (κ3) is 86.0. The van der Waals surface area contributed by atoms with E-state index in [1.165, 1.54) is 343 Å². The van der Waals surface area contributed by atoms with Crippen LogP contribution in [-0.2, 0) is 0 Å². The van der Waals surface area contributed by atoms with Gasteiger partial charge in [0, 0.05) is 17.3 Å². The Kier molecular flexibility index (Phi) is 91.6. The van der Waals surface area contributed by atoms with Gasteiger partial charge in [-0.2, -0.15) is 73.2 Å². The van der Waals surface area contributed by atoms with Gasteiger partial charge in [0.05, 0.1) is 0 Å². The predicted octanol–water partition coefficient (Wildman–Crippen LogP) is 23.4.